The third-order valence-electron chi connectivity index (χ3n) is 4.70. The standard InChI is InChI=1S/C19H24ClN5O2/c1-13(27-16-6-4-3-5-15(16)20)19(26)25-10-8-14(11-25)24(2)12-18-22-9-7-17(21)23-18/h3-7,9,13-14H,8,10-12H2,1-2H3,(H2,21,22,23)/t13-,14+/m0/s1. The van der Waals surface area contributed by atoms with Crippen molar-refractivity contribution in [1.29, 1.82) is 0 Å². The van der Waals surface area contributed by atoms with E-state index in [4.69, 9.17) is 22.1 Å². The van der Waals surface area contributed by atoms with Crippen molar-refractivity contribution in [3.05, 3.63) is 47.4 Å². The molecule has 0 aliphatic carbocycles. The second kappa shape index (κ2) is 8.54. The van der Waals surface area contributed by atoms with E-state index in [-0.39, 0.29) is 11.9 Å². The first-order valence-corrected chi connectivity index (χ1v) is 9.29. The van der Waals surface area contributed by atoms with Crippen LogP contribution in [-0.4, -0.2) is 58.0 Å². The highest BCUT2D eigenvalue weighted by molar-refractivity contribution is 6.32. The topological polar surface area (TPSA) is 84.6 Å². The first kappa shape index (κ1) is 19.4. The number of carbonyl (C=O) groups is 1. The van der Waals surface area contributed by atoms with E-state index in [0.29, 0.717) is 42.0 Å². The Morgan fingerprint density at radius 3 is 2.96 bits per heavy atom. The number of aromatic nitrogens is 2. The highest BCUT2D eigenvalue weighted by Crippen LogP contribution is 2.25. The Morgan fingerprint density at radius 2 is 2.22 bits per heavy atom. The minimum atomic E-state index is -0.591. The van der Waals surface area contributed by atoms with Crippen molar-refractivity contribution in [3.8, 4) is 5.75 Å². The first-order chi connectivity index (χ1) is 12.9. The molecule has 1 aliphatic rings. The summed E-state index contributed by atoms with van der Waals surface area (Å²) in [6.45, 7) is 3.68. The van der Waals surface area contributed by atoms with Gasteiger partial charge in [-0.25, -0.2) is 9.97 Å². The average molecular weight is 390 g/mol. The van der Waals surface area contributed by atoms with Gasteiger partial charge in [-0.2, -0.15) is 0 Å². The van der Waals surface area contributed by atoms with Crippen LogP contribution in [0, 0.1) is 0 Å². The van der Waals surface area contributed by atoms with Gasteiger partial charge < -0.3 is 15.4 Å². The Labute approximate surface area is 164 Å². The Balaban J connectivity index is 1.55. The maximum Gasteiger partial charge on any atom is 0.263 e. The number of anilines is 1. The molecule has 0 spiro atoms. The molecule has 2 aromatic rings. The lowest BCUT2D eigenvalue weighted by Gasteiger charge is -2.25. The lowest BCUT2D eigenvalue weighted by molar-refractivity contribution is -0.137. The van der Waals surface area contributed by atoms with Gasteiger partial charge in [0.2, 0.25) is 0 Å². The van der Waals surface area contributed by atoms with E-state index >= 15 is 0 Å². The number of carbonyl (C=O) groups excluding carboxylic acids is 1. The average Bonchev–Trinajstić information content (AvgIpc) is 3.13. The molecule has 1 saturated heterocycles. The SMILES string of the molecule is C[C@H](Oc1ccccc1Cl)C(=O)N1CC[C@@H](N(C)Cc2nccc(N)n2)C1. The summed E-state index contributed by atoms with van der Waals surface area (Å²) >= 11 is 6.11. The largest absolute Gasteiger partial charge is 0.479 e. The normalized spacial score (nSPS) is 17.9. The van der Waals surface area contributed by atoms with Crippen LogP contribution in [0.1, 0.15) is 19.2 Å². The number of hydrogen-bond acceptors (Lipinski definition) is 6. The summed E-state index contributed by atoms with van der Waals surface area (Å²) in [7, 11) is 2.01. The molecule has 2 heterocycles. The van der Waals surface area contributed by atoms with Crippen LogP contribution < -0.4 is 10.5 Å². The van der Waals surface area contributed by atoms with Crippen LogP contribution >= 0.6 is 11.6 Å². The van der Waals surface area contributed by atoms with Crippen molar-refractivity contribution in [2.45, 2.75) is 32.0 Å². The van der Waals surface area contributed by atoms with Crippen molar-refractivity contribution in [1.82, 2.24) is 19.8 Å². The van der Waals surface area contributed by atoms with Crippen molar-refractivity contribution >= 4 is 23.3 Å². The van der Waals surface area contributed by atoms with Crippen molar-refractivity contribution in [2.24, 2.45) is 0 Å². The predicted molar refractivity (Wildman–Crippen MR) is 104 cm³/mol. The van der Waals surface area contributed by atoms with E-state index < -0.39 is 6.10 Å². The number of likely N-dealkylation sites (tertiary alicyclic amines) is 1. The molecule has 3 rings (SSSR count). The monoisotopic (exact) mass is 389 g/mol. The zero-order valence-corrected chi connectivity index (χ0v) is 16.3. The lowest BCUT2D eigenvalue weighted by atomic mass is 10.2. The summed E-state index contributed by atoms with van der Waals surface area (Å²) in [5.74, 6) is 1.62. The second-order valence-corrected chi connectivity index (χ2v) is 7.14. The van der Waals surface area contributed by atoms with E-state index in [1.807, 2.05) is 24.1 Å². The van der Waals surface area contributed by atoms with Crippen molar-refractivity contribution in [2.75, 3.05) is 25.9 Å². The molecular formula is C19H24ClN5O2. The quantitative estimate of drug-likeness (QED) is 0.815. The second-order valence-electron chi connectivity index (χ2n) is 6.73. The van der Waals surface area contributed by atoms with Gasteiger partial charge in [-0.05, 0) is 38.6 Å². The molecule has 0 saturated carbocycles. The van der Waals surface area contributed by atoms with Crippen LogP contribution in [0.3, 0.4) is 0 Å². The number of likely N-dealkylation sites (N-methyl/N-ethyl adjacent to an activating group) is 1. The van der Waals surface area contributed by atoms with Crippen LogP contribution in [0.4, 0.5) is 5.82 Å². The molecule has 0 radical (unpaired) electrons. The molecule has 144 valence electrons. The van der Waals surface area contributed by atoms with Gasteiger partial charge in [0.15, 0.2) is 6.10 Å². The molecule has 2 N–H and O–H groups in total. The number of nitrogens with zero attached hydrogens (tertiary/aromatic N) is 4. The summed E-state index contributed by atoms with van der Waals surface area (Å²) in [4.78, 5) is 25.2. The number of hydrogen-bond donors (Lipinski definition) is 1. The van der Waals surface area contributed by atoms with Gasteiger partial charge in [0.1, 0.15) is 17.4 Å². The Kier molecular flexibility index (Phi) is 6.13. The number of halogens is 1. The maximum absolute atomic E-state index is 12.7. The zero-order chi connectivity index (χ0) is 19.4. The van der Waals surface area contributed by atoms with Crippen LogP contribution in [0.2, 0.25) is 5.02 Å². The summed E-state index contributed by atoms with van der Waals surface area (Å²) in [5.41, 5.74) is 5.71. The van der Waals surface area contributed by atoms with Crippen LogP contribution in [0.15, 0.2) is 36.5 Å². The molecule has 2 atom stereocenters. The van der Waals surface area contributed by atoms with Gasteiger partial charge in [0.05, 0.1) is 11.6 Å². The number of nitrogens with two attached hydrogens (primary N) is 1. The molecular weight excluding hydrogens is 366 g/mol. The summed E-state index contributed by atoms with van der Waals surface area (Å²) in [6, 6.07) is 9.07. The van der Waals surface area contributed by atoms with Gasteiger partial charge in [0, 0.05) is 25.3 Å². The fourth-order valence-electron chi connectivity index (χ4n) is 3.18. The maximum atomic E-state index is 12.7. The van der Waals surface area contributed by atoms with E-state index in [2.05, 4.69) is 14.9 Å². The van der Waals surface area contributed by atoms with E-state index in [9.17, 15) is 4.79 Å². The Morgan fingerprint density at radius 1 is 1.44 bits per heavy atom. The third-order valence-corrected chi connectivity index (χ3v) is 5.02. The molecule has 0 unspecified atom stereocenters. The summed E-state index contributed by atoms with van der Waals surface area (Å²) in [6.07, 6.45) is 1.96. The fraction of sp³-hybridized carbons (Fsp3) is 0.421. The number of benzene rings is 1. The number of amides is 1. The van der Waals surface area contributed by atoms with Crippen molar-refractivity contribution < 1.29 is 9.53 Å². The summed E-state index contributed by atoms with van der Waals surface area (Å²) in [5, 5.41) is 0.498. The van der Waals surface area contributed by atoms with Crippen LogP contribution in [-0.2, 0) is 11.3 Å². The minimum absolute atomic E-state index is 0.0361. The smallest absolute Gasteiger partial charge is 0.263 e. The Hall–Kier alpha value is -2.38. The molecule has 1 aromatic carbocycles. The molecule has 27 heavy (non-hydrogen) atoms. The molecule has 0 bridgehead atoms. The molecule has 1 amide bonds. The molecule has 8 heteroatoms. The Bertz CT molecular complexity index is 803. The van der Waals surface area contributed by atoms with Gasteiger partial charge in [-0.3, -0.25) is 9.69 Å². The van der Waals surface area contributed by atoms with Gasteiger partial charge in [-0.15, -0.1) is 0 Å². The number of nitrogen functional groups attached to an aromatic ring is 1. The summed E-state index contributed by atoms with van der Waals surface area (Å²) < 4.78 is 5.75. The van der Waals surface area contributed by atoms with Crippen LogP contribution in [0.25, 0.3) is 0 Å². The van der Waals surface area contributed by atoms with Crippen molar-refractivity contribution in [3.63, 3.8) is 0 Å². The third kappa shape index (κ3) is 4.87. The molecule has 7 nitrogen and oxygen atoms in total. The number of para-hydroxylation sites is 1. The van der Waals surface area contributed by atoms with Gasteiger partial charge in [-0.1, -0.05) is 23.7 Å². The first-order valence-electron chi connectivity index (χ1n) is 8.91. The molecule has 1 aromatic heterocycles. The highest BCUT2D eigenvalue weighted by Gasteiger charge is 2.32. The van der Waals surface area contributed by atoms with Gasteiger partial charge in [0.25, 0.3) is 5.91 Å². The predicted octanol–water partition coefficient (Wildman–Crippen LogP) is 2.21. The number of rotatable bonds is 6. The molecule has 1 fully saturated rings. The van der Waals surface area contributed by atoms with E-state index in [1.54, 1.807) is 31.3 Å². The van der Waals surface area contributed by atoms with Gasteiger partial charge >= 0.3 is 0 Å². The fourth-order valence-corrected chi connectivity index (χ4v) is 3.36. The highest BCUT2D eigenvalue weighted by atomic mass is 35.5. The lowest BCUT2D eigenvalue weighted by Crippen LogP contribution is -2.41. The van der Waals surface area contributed by atoms with Crippen LogP contribution in [0.5, 0.6) is 5.75 Å². The minimum Gasteiger partial charge on any atom is -0.479 e. The number of ether oxygens (including phenoxy) is 1. The van der Waals surface area contributed by atoms with E-state index in [1.165, 1.54) is 0 Å². The zero-order valence-electron chi connectivity index (χ0n) is 15.5. The van der Waals surface area contributed by atoms with E-state index in [0.717, 1.165) is 6.42 Å². The molecule has 1 aliphatic heterocycles.